The predicted octanol–water partition coefficient (Wildman–Crippen LogP) is 0.193. The summed E-state index contributed by atoms with van der Waals surface area (Å²) in [6, 6.07) is 0. The summed E-state index contributed by atoms with van der Waals surface area (Å²) in [5.74, 6) is -1.51. The number of hydrogen-bond donors (Lipinski definition) is 0. The van der Waals surface area contributed by atoms with Gasteiger partial charge in [-0.2, -0.15) is 0 Å². The van der Waals surface area contributed by atoms with Crippen molar-refractivity contribution in [3.63, 3.8) is 0 Å². The van der Waals surface area contributed by atoms with E-state index in [9.17, 15) is 14.4 Å². The molecule has 0 fully saturated rings. The topological polar surface area (TPSA) is 78.9 Å². The van der Waals surface area contributed by atoms with Gasteiger partial charge in [0.1, 0.15) is 7.15 Å². The maximum Gasteiger partial charge on any atom is 0.332 e. The maximum absolute atomic E-state index is 12.5. The van der Waals surface area contributed by atoms with Crippen molar-refractivity contribution in [1.82, 2.24) is 18.7 Å². The average Bonchev–Trinajstić information content (AvgIpc) is 2.82. The van der Waals surface area contributed by atoms with Gasteiger partial charge in [0.05, 0.1) is 6.30 Å². The normalized spacial score (nSPS) is 16.9. The highest BCUT2D eigenvalue weighted by atomic mass is 16.2. The van der Waals surface area contributed by atoms with Gasteiger partial charge >= 0.3 is 5.69 Å². The molecule has 0 bridgehead atoms. The molecule has 108 valence electrons. The molecule has 0 N–H and O–H groups in total. The molecule has 2 heterocycles. The quantitative estimate of drug-likeness (QED) is 0.785. The van der Waals surface area contributed by atoms with E-state index < -0.39 is 36.7 Å². The summed E-state index contributed by atoms with van der Waals surface area (Å²) in [7, 11) is 2.85. The van der Waals surface area contributed by atoms with Gasteiger partial charge in [0.25, 0.3) is 5.56 Å². The second-order valence-corrected chi connectivity index (χ2v) is 4.35. The number of hydrogen-bond acceptors (Lipinski definition) is 4. The zero-order valence-electron chi connectivity index (χ0n) is 17.1. The van der Waals surface area contributed by atoms with Crippen LogP contribution in [0.4, 0.5) is 0 Å². The van der Waals surface area contributed by atoms with E-state index in [-0.39, 0.29) is 30.4 Å². The third kappa shape index (κ3) is 2.43. The Bertz CT molecular complexity index is 985. The molecule has 0 aliphatic heterocycles. The molecule has 0 aliphatic rings. The number of aromatic nitrogens is 4. The van der Waals surface area contributed by atoms with Gasteiger partial charge in [0, 0.05) is 33.9 Å². The lowest BCUT2D eigenvalue weighted by molar-refractivity contribution is -0.117. The monoisotopic (exact) mass is 284 g/mol. The maximum atomic E-state index is 12.5. The molecule has 0 aliphatic carbocycles. The van der Waals surface area contributed by atoms with Crippen LogP contribution in [0.1, 0.15) is 34.3 Å². The lowest BCUT2D eigenvalue weighted by Crippen LogP contribution is -2.39. The number of rotatable bonds is 5. The Labute approximate surface area is 123 Å². The van der Waals surface area contributed by atoms with Gasteiger partial charge in [-0.15, -0.1) is 0 Å². The van der Waals surface area contributed by atoms with Crippen LogP contribution in [0.2, 0.25) is 0 Å². The Kier molecular flexibility index (Phi) is 2.23. The summed E-state index contributed by atoms with van der Waals surface area (Å²) in [5.41, 5.74) is -1.25. The minimum absolute atomic E-state index is 0.0543. The fourth-order valence-corrected chi connectivity index (χ4v) is 1.97. The third-order valence-corrected chi connectivity index (χ3v) is 2.98. The molecule has 20 heavy (non-hydrogen) atoms. The largest absolute Gasteiger partial charge is 0.332 e. The number of carbonyl (C=O) groups excluding carboxylic acids is 1. The molecule has 0 saturated carbocycles. The highest BCUT2D eigenvalue weighted by Crippen LogP contribution is 2.04. The van der Waals surface area contributed by atoms with Crippen molar-refractivity contribution >= 4 is 16.9 Å². The van der Waals surface area contributed by atoms with Crippen molar-refractivity contribution in [2.75, 3.05) is 0 Å². The van der Waals surface area contributed by atoms with E-state index in [0.717, 1.165) is 9.13 Å². The molecule has 7 nitrogen and oxygen atoms in total. The van der Waals surface area contributed by atoms with Crippen LogP contribution in [0, 0.1) is 0 Å². The minimum Gasteiger partial charge on any atom is -0.328 e. The summed E-state index contributed by atoms with van der Waals surface area (Å²) in [6.45, 7) is -3.26. The Morgan fingerprint density at radius 1 is 1.45 bits per heavy atom. The summed E-state index contributed by atoms with van der Waals surface area (Å²) < 4.78 is 47.1. The van der Waals surface area contributed by atoms with Gasteiger partial charge in [0.15, 0.2) is 11.2 Å². The molecule has 7 heteroatoms. The number of nitrogens with zero attached hydrogens (tertiary/aromatic N) is 4. The van der Waals surface area contributed by atoms with Gasteiger partial charge in [-0.05, 0) is 19.7 Å². The van der Waals surface area contributed by atoms with Gasteiger partial charge in [0.2, 0.25) is 0 Å². The zero-order valence-corrected chi connectivity index (χ0v) is 11.1. The van der Waals surface area contributed by atoms with Crippen LogP contribution in [0.25, 0.3) is 11.2 Å². The first-order valence-corrected chi connectivity index (χ1v) is 5.97. The summed E-state index contributed by atoms with van der Waals surface area (Å²) in [4.78, 5) is 40.4. The molecular weight excluding hydrogens is 260 g/mol. The predicted molar refractivity (Wildman–Crippen MR) is 74.7 cm³/mol. The number of ketones is 1. The number of fused-ring (bicyclic) bond motifs is 1. The van der Waals surface area contributed by atoms with E-state index in [1.54, 1.807) is 0 Å². The van der Waals surface area contributed by atoms with Gasteiger partial charge < -0.3 is 9.36 Å². The van der Waals surface area contributed by atoms with Gasteiger partial charge in [-0.1, -0.05) is 0 Å². The van der Waals surface area contributed by atoms with Crippen LogP contribution in [0.5, 0.6) is 0 Å². The first-order chi connectivity index (χ1) is 11.8. The summed E-state index contributed by atoms with van der Waals surface area (Å²) in [5, 5.41) is 0. The Hall–Kier alpha value is -2.18. The molecule has 0 radical (unpaired) electrons. The second-order valence-electron chi connectivity index (χ2n) is 4.35. The van der Waals surface area contributed by atoms with Crippen molar-refractivity contribution in [3.8, 4) is 0 Å². The first-order valence-electron chi connectivity index (χ1n) is 8.97. The fourth-order valence-electron chi connectivity index (χ4n) is 1.97. The Morgan fingerprint density at radius 3 is 2.90 bits per heavy atom. The molecule has 0 atom stereocenters. The average molecular weight is 284 g/mol. The van der Waals surface area contributed by atoms with Crippen LogP contribution in [-0.2, 0) is 25.4 Å². The molecular formula is C13H18N4O3. The Morgan fingerprint density at radius 2 is 2.20 bits per heavy atom. The Balaban J connectivity index is 2.33. The molecule has 0 aromatic carbocycles. The lowest BCUT2D eigenvalue weighted by atomic mass is 10.2. The van der Waals surface area contributed by atoms with E-state index in [1.165, 1.54) is 18.7 Å². The molecule has 0 saturated heterocycles. The van der Waals surface area contributed by atoms with Crippen molar-refractivity contribution in [3.05, 3.63) is 27.1 Å². The molecule has 0 spiro atoms. The molecule has 0 unspecified atom stereocenters. The lowest BCUT2D eigenvalue weighted by Gasteiger charge is -2.08. The summed E-state index contributed by atoms with van der Waals surface area (Å²) >= 11 is 0. The molecule has 2 rings (SSSR count). The molecule has 2 aromatic rings. The number of imidazole rings is 1. The second kappa shape index (κ2) is 5.44. The fraction of sp³-hybridized carbons (Fsp3) is 0.538. The molecule has 2 aromatic heterocycles. The summed E-state index contributed by atoms with van der Waals surface area (Å²) in [6.07, 6.45) is -3.33. The van der Waals surface area contributed by atoms with Crippen LogP contribution in [0.3, 0.4) is 0 Å². The van der Waals surface area contributed by atoms with Crippen LogP contribution in [-0.4, -0.2) is 24.5 Å². The van der Waals surface area contributed by atoms with E-state index in [1.807, 2.05) is 0 Å². The highest BCUT2D eigenvalue weighted by molar-refractivity contribution is 5.75. The highest BCUT2D eigenvalue weighted by Gasteiger charge is 2.14. The van der Waals surface area contributed by atoms with Crippen molar-refractivity contribution in [2.45, 2.75) is 32.6 Å². The van der Waals surface area contributed by atoms with Crippen LogP contribution in [0.15, 0.2) is 15.9 Å². The van der Waals surface area contributed by atoms with Gasteiger partial charge in [-0.25, -0.2) is 9.78 Å². The number of aryl methyl sites for hydroxylation is 2. The van der Waals surface area contributed by atoms with E-state index in [2.05, 4.69) is 4.98 Å². The third-order valence-electron chi connectivity index (χ3n) is 2.98. The smallest absolute Gasteiger partial charge is 0.328 e. The van der Waals surface area contributed by atoms with Gasteiger partial charge in [-0.3, -0.25) is 13.9 Å². The van der Waals surface area contributed by atoms with E-state index in [4.69, 9.17) is 8.22 Å². The van der Waals surface area contributed by atoms with Crippen molar-refractivity contribution in [2.24, 2.45) is 14.1 Å². The molecule has 0 amide bonds. The van der Waals surface area contributed by atoms with Crippen molar-refractivity contribution in [1.29, 1.82) is 0 Å². The van der Waals surface area contributed by atoms with E-state index in [0.29, 0.717) is 0 Å². The minimum atomic E-state index is -3.06. The number of Topliss-reactive ketones (excluding diaryl/α,β-unsaturated/α-hetero) is 1. The SMILES string of the molecule is [2H]c1nc2c(c(=O)n(CCCC([2H])([2H])C(=O)C([2H])([2H])[2H])c(=O)n2C)n1C. The first kappa shape index (κ1) is 8.18. The zero-order chi connectivity index (χ0) is 20.0. The van der Waals surface area contributed by atoms with E-state index >= 15 is 0 Å². The number of carbonyl (C=O) groups is 1. The van der Waals surface area contributed by atoms with Crippen LogP contribution >= 0.6 is 0 Å². The van der Waals surface area contributed by atoms with Crippen LogP contribution < -0.4 is 11.2 Å². The standard InChI is InChI=1S/C13H18N4O3/c1-9(18)6-4-5-7-17-12(19)10-11(14-8-15(10)2)16(3)13(17)20/h8H,4-7H2,1-3H3/i1D3,6D2,8D. The van der Waals surface area contributed by atoms with Crippen molar-refractivity contribution < 1.29 is 13.0 Å².